The van der Waals surface area contributed by atoms with E-state index in [9.17, 15) is 0 Å². The average molecular weight is 688 g/mol. The second-order valence-electron chi connectivity index (χ2n) is 13.6. The molecule has 0 fully saturated rings. The van der Waals surface area contributed by atoms with Crippen LogP contribution in [0.1, 0.15) is 0 Å². The number of hydrogen-bond acceptors (Lipinski definition) is 3. The van der Waals surface area contributed by atoms with E-state index in [1.165, 1.54) is 49.0 Å². The van der Waals surface area contributed by atoms with Gasteiger partial charge in [-0.25, -0.2) is 15.0 Å². The van der Waals surface area contributed by atoms with Gasteiger partial charge in [0.15, 0.2) is 17.5 Å². The standard InChI is InChI=1S/C51H33N3/c1-3-16-35(17-4-1)41-21-9-14-26-46(41)51-53-49(37-18-5-2-6-19-37)52-50(54-51)38-30-28-36(29-31-38)47-42-22-10-12-24-44(42)48(45-25-13-11-23-43(45)47)40-32-27-34-15-7-8-20-39(34)33-40/h1-33H. The third-order valence-corrected chi connectivity index (χ3v) is 10.3. The zero-order valence-electron chi connectivity index (χ0n) is 29.4. The molecular formula is C51H33N3. The van der Waals surface area contributed by atoms with Crippen molar-refractivity contribution in [3.63, 3.8) is 0 Å². The molecule has 252 valence electrons. The molecule has 0 unspecified atom stereocenters. The lowest BCUT2D eigenvalue weighted by atomic mass is 9.85. The molecule has 0 aliphatic rings. The van der Waals surface area contributed by atoms with Gasteiger partial charge in [0.25, 0.3) is 0 Å². The molecule has 0 spiro atoms. The lowest BCUT2D eigenvalue weighted by Crippen LogP contribution is -2.01. The highest BCUT2D eigenvalue weighted by atomic mass is 15.0. The molecule has 10 aromatic rings. The van der Waals surface area contributed by atoms with Gasteiger partial charge in [-0.2, -0.15) is 0 Å². The van der Waals surface area contributed by atoms with Crippen molar-refractivity contribution in [2.24, 2.45) is 0 Å². The number of rotatable bonds is 6. The Hall–Kier alpha value is -7.23. The predicted octanol–water partition coefficient (Wildman–Crippen LogP) is 13.3. The van der Waals surface area contributed by atoms with Crippen molar-refractivity contribution in [2.45, 2.75) is 0 Å². The molecule has 0 bridgehead atoms. The van der Waals surface area contributed by atoms with Crippen LogP contribution in [0.15, 0.2) is 200 Å². The van der Waals surface area contributed by atoms with Crippen LogP contribution in [0.2, 0.25) is 0 Å². The van der Waals surface area contributed by atoms with Gasteiger partial charge in [0, 0.05) is 16.7 Å². The molecule has 0 saturated heterocycles. The first kappa shape index (κ1) is 31.5. The van der Waals surface area contributed by atoms with E-state index in [2.05, 4.69) is 158 Å². The van der Waals surface area contributed by atoms with Gasteiger partial charge in [0.05, 0.1) is 0 Å². The molecule has 10 rings (SSSR count). The van der Waals surface area contributed by atoms with Gasteiger partial charge < -0.3 is 0 Å². The molecule has 3 nitrogen and oxygen atoms in total. The average Bonchev–Trinajstić information content (AvgIpc) is 3.26. The van der Waals surface area contributed by atoms with E-state index in [0.29, 0.717) is 17.5 Å². The first-order valence-corrected chi connectivity index (χ1v) is 18.3. The first-order valence-electron chi connectivity index (χ1n) is 18.3. The molecule has 0 aliphatic heterocycles. The topological polar surface area (TPSA) is 38.7 Å². The Morgan fingerprint density at radius 1 is 0.241 bits per heavy atom. The van der Waals surface area contributed by atoms with Gasteiger partial charge in [0.2, 0.25) is 0 Å². The van der Waals surface area contributed by atoms with Gasteiger partial charge in [-0.3, -0.25) is 0 Å². The van der Waals surface area contributed by atoms with Crippen molar-refractivity contribution in [1.29, 1.82) is 0 Å². The van der Waals surface area contributed by atoms with Crippen LogP contribution in [0.3, 0.4) is 0 Å². The minimum Gasteiger partial charge on any atom is -0.208 e. The maximum absolute atomic E-state index is 5.13. The SMILES string of the molecule is c1ccc(-c2nc(-c3ccc(-c4c5ccccc5c(-c5ccc6ccccc6c5)c5ccccc45)cc3)nc(-c3ccccc3-c3ccccc3)n2)cc1. The zero-order chi connectivity index (χ0) is 35.8. The van der Waals surface area contributed by atoms with Crippen LogP contribution in [0, 0.1) is 0 Å². The monoisotopic (exact) mass is 687 g/mol. The van der Waals surface area contributed by atoms with Crippen LogP contribution in [0.5, 0.6) is 0 Å². The van der Waals surface area contributed by atoms with Crippen LogP contribution in [0.25, 0.3) is 99.9 Å². The van der Waals surface area contributed by atoms with Crippen molar-refractivity contribution >= 4 is 32.3 Å². The molecule has 0 aliphatic carbocycles. The summed E-state index contributed by atoms with van der Waals surface area (Å²) in [6.07, 6.45) is 0. The van der Waals surface area contributed by atoms with Gasteiger partial charge in [0.1, 0.15) is 0 Å². The third kappa shape index (κ3) is 5.60. The summed E-state index contributed by atoms with van der Waals surface area (Å²) in [7, 11) is 0. The summed E-state index contributed by atoms with van der Waals surface area (Å²) in [5.41, 5.74) is 9.87. The Morgan fingerprint density at radius 3 is 1.26 bits per heavy atom. The Bertz CT molecular complexity index is 2910. The van der Waals surface area contributed by atoms with Crippen LogP contribution < -0.4 is 0 Å². The Labute approximate surface area is 313 Å². The molecule has 54 heavy (non-hydrogen) atoms. The second kappa shape index (κ2) is 13.4. The summed E-state index contributed by atoms with van der Waals surface area (Å²) in [5, 5.41) is 7.39. The van der Waals surface area contributed by atoms with E-state index in [4.69, 9.17) is 15.0 Å². The summed E-state index contributed by atoms with van der Waals surface area (Å²) in [6, 6.07) is 70.6. The molecule has 1 heterocycles. The molecule has 1 aromatic heterocycles. The molecular weight excluding hydrogens is 655 g/mol. The van der Waals surface area contributed by atoms with Crippen molar-refractivity contribution < 1.29 is 0 Å². The highest BCUT2D eigenvalue weighted by Crippen LogP contribution is 2.44. The Balaban J connectivity index is 1.13. The summed E-state index contributed by atoms with van der Waals surface area (Å²) >= 11 is 0. The van der Waals surface area contributed by atoms with Gasteiger partial charge >= 0.3 is 0 Å². The maximum Gasteiger partial charge on any atom is 0.164 e. The minimum atomic E-state index is 0.634. The smallest absolute Gasteiger partial charge is 0.164 e. The number of nitrogens with zero attached hydrogens (tertiary/aromatic N) is 3. The van der Waals surface area contributed by atoms with Crippen LogP contribution in [-0.2, 0) is 0 Å². The largest absolute Gasteiger partial charge is 0.208 e. The van der Waals surface area contributed by atoms with Crippen LogP contribution in [-0.4, -0.2) is 15.0 Å². The maximum atomic E-state index is 5.13. The fraction of sp³-hybridized carbons (Fsp3) is 0. The van der Waals surface area contributed by atoms with Gasteiger partial charge in [-0.1, -0.05) is 194 Å². The van der Waals surface area contributed by atoms with E-state index in [1.807, 2.05) is 42.5 Å². The predicted molar refractivity (Wildman–Crippen MR) is 225 cm³/mol. The molecule has 0 N–H and O–H groups in total. The van der Waals surface area contributed by atoms with Crippen molar-refractivity contribution in [3.05, 3.63) is 200 Å². The molecule has 3 heteroatoms. The second-order valence-corrected chi connectivity index (χ2v) is 13.6. The summed E-state index contributed by atoms with van der Waals surface area (Å²) < 4.78 is 0. The number of benzene rings is 9. The van der Waals surface area contributed by atoms with Crippen molar-refractivity contribution in [2.75, 3.05) is 0 Å². The van der Waals surface area contributed by atoms with E-state index in [-0.39, 0.29) is 0 Å². The summed E-state index contributed by atoms with van der Waals surface area (Å²) in [4.78, 5) is 15.2. The Kier molecular flexibility index (Phi) is 7.81. The van der Waals surface area contributed by atoms with Gasteiger partial charge in [-0.05, 0) is 71.8 Å². The minimum absolute atomic E-state index is 0.634. The molecule has 9 aromatic carbocycles. The highest BCUT2D eigenvalue weighted by molar-refractivity contribution is 6.21. The first-order chi connectivity index (χ1) is 26.8. The number of aromatic nitrogens is 3. The van der Waals surface area contributed by atoms with Crippen molar-refractivity contribution in [1.82, 2.24) is 15.0 Å². The third-order valence-electron chi connectivity index (χ3n) is 10.3. The molecule has 0 atom stereocenters. The fourth-order valence-electron chi connectivity index (χ4n) is 7.77. The van der Waals surface area contributed by atoms with Gasteiger partial charge in [-0.15, -0.1) is 0 Å². The Morgan fingerprint density at radius 2 is 0.648 bits per heavy atom. The fourth-order valence-corrected chi connectivity index (χ4v) is 7.77. The summed E-state index contributed by atoms with van der Waals surface area (Å²) in [5.74, 6) is 1.92. The number of fused-ring (bicyclic) bond motifs is 3. The number of hydrogen-bond donors (Lipinski definition) is 0. The van der Waals surface area contributed by atoms with E-state index in [0.717, 1.165) is 33.4 Å². The van der Waals surface area contributed by atoms with E-state index >= 15 is 0 Å². The molecule has 0 saturated carbocycles. The van der Waals surface area contributed by atoms with E-state index < -0.39 is 0 Å². The lowest BCUT2D eigenvalue weighted by molar-refractivity contribution is 1.07. The molecule has 0 radical (unpaired) electrons. The highest BCUT2D eigenvalue weighted by Gasteiger charge is 2.19. The normalized spacial score (nSPS) is 11.3. The van der Waals surface area contributed by atoms with Crippen LogP contribution >= 0.6 is 0 Å². The lowest BCUT2D eigenvalue weighted by Gasteiger charge is -2.18. The van der Waals surface area contributed by atoms with E-state index in [1.54, 1.807) is 0 Å². The zero-order valence-corrected chi connectivity index (χ0v) is 29.4. The summed E-state index contributed by atoms with van der Waals surface area (Å²) in [6.45, 7) is 0. The van der Waals surface area contributed by atoms with Crippen LogP contribution in [0.4, 0.5) is 0 Å². The molecule has 0 amide bonds. The van der Waals surface area contributed by atoms with Crippen molar-refractivity contribution in [3.8, 4) is 67.5 Å². The quantitative estimate of drug-likeness (QED) is 0.163.